The number of carbonyl (C=O) groups excluding carboxylic acids is 1. The number of hydrogen-bond donors (Lipinski definition) is 0. The molecular weight excluding hydrogens is 359 g/mol. The van der Waals surface area contributed by atoms with E-state index in [-0.39, 0.29) is 5.97 Å². The quantitative estimate of drug-likeness (QED) is 0.388. The molecule has 0 amide bonds. The molecule has 1 aliphatic rings. The van der Waals surface area contributed by atoms with E-state index < -0.39 is 26.5 Å². The van der Waals surface area contributed by atoms with Gasteiger partial charge in [0, 0.05) is 0 Å². The zero-order chi connectivity index (χ0) is 15.1. The molecule has 0 N–H and O–H groups in total. The Labute approximate surface area is 123 Å². The Morgan fingerprint density at radius 2 is 1.84 bits per heavy atom. The second kappa shape index (κ2) is 5.55. The predicted octanol–water partition coefficient (Wildman–Crippen LogP) is 4.69. The van der Waals surface area contributed by atoms with E-state index >= 15 is 0 Å². The monoisotopic (exact) mass is 390 g/mol. The molecule has 0 radical (unpaired) electrons. The summed E-state index contributed by atoms with van der Waals surface area (Å²) >= 11 is -1.89. The number of carbonyl (C=O) groups is 1. The Morgan fingerprint density at radius 1 is 1.32 bits per heavy atom. The molecule has 4 heteroatoms. The van der Waals surface area contributed by atoms with Gasteiger partial charge < -0.3 is 0 Å². The van der Waals surface area contributed by atoms with Gasteiger partial charge in [0.15, 0.2) is 0 Å². The van der Waals surface area contributed by atoms with E-state index in [1.54, 1.807) is 6.08 Å². The van der Waals surface area contributed by atoms with Crippen molar-refractivity contribution in [2.45, 2.75) is 63.7 Å². The Morgan fingerprint density at radius 3 is 2.16 bits per heavy atom. The summed E-state index contributed by atoms with van der Waals surface area (Å²) in [6.45, 7) is 11.8. The molecule has 0 unspecified atom stereocenters. The molecule has 0 aromatic heterocycles. The fourth-order valence-electron chi connectivity index (χ4n) is 3.12. The molecule has 2 nitrogen and oxygen atoms in total. The molecule has 0 aromatic rings. The molecule has 1 saturated carbocycles. The van der Waals surface area contributed by atoms with Crippen LogP contribution in [0, 0.1) is 0 Å². The predicted molar refractivity (Wildman–Crippen MR) is 88.1 cm³/mol. The van der Waals surface area contributed by atoms with Crippen molar-refractivity contribution < 1.29 is 9.53 Å². The first-order valence-corrected chi connectivity index (χ1v) is 20.9. The van der Waals surface area contributed by atoms with E-state index in [9.17, 15) is 4.79 Å². The summed E-state index contributed by atoms with van der Waals surface area (Å²) in [7, 11) is -1.30. The zero-order valence-corrected chi connectivity index (χ0v) is 17.7. The first-order chi connectivity index (χ1) is 8.40. The van der Waals surface area contributed by atoms with Gasteiger partial charge in [0.25, 0.3) is 0 Å². The topological polar surface area (TPSA) is 26.3 Å². The van der Waals surface area contributed by atoms with Crippen molar-refractivity contribution in [3.63, 3.8) is 0 Å². The van der Waals surface area contributed by atoms with Crippen LogP contribution in [0.5, 0.6) is 0 Å². The van der Waals surface area contributed by atoms with Crippen LogP contribution in [0.2, 0.25) is 43.4 Å². The van der Waals surface area contributed by atoms with Crippen LogP contribution in [0.1, 0.15) is 20.3 Å². The van der Waals surface area contributed by atoms with Crippen LogP contribution in [0.3, 0.4) is 0 Å². The first kappa shape index (κ1) is 17.3. The maximum absolute atomic E-state index is 11.7. The van der Waals surface area contributed by atoms with Gasteiger partial charge in [-0.1, -0.05) is 0 Å². The van der Waals surface area contributed by atoms with Gasteiger partial charge in [-0.15, -0.1) is 0 Å². The van der Waals surface area contributed by atoms with Gasteiger partial charge in [0.2, 0.25) is 0 Å². The summed E-state index contributed by atoms with van der Waals surface area (Å²) in [6, 6.07) is 0. The zero-order valence-electron chi connectivity index (χ0n) is 13.9. The molecule has 0 saturated heterocycles. The number of hydrogen-bond acceptors (Lipinski definition) is 2. The summed E-state index contributed by atoms with van der Waals surface area (Å²) in [4.78, 5) is 19.3. The van der Waals surface area contributed by atoms with Crippen LogP contribution < -0.4 is 0 Å². The van der Waals surface area contributed by atoms with Crippen molar-refractivity contribution in [1.29, 1.82) is 0 Å². The van der Waals surface area contributed by atoms with Gasteiger partial charge in [-0.2, -0.15) is 0 Å². The molecule has 0 heterocycles. The fourth-order valence-corrected chi connectivity index (χ4v) is 20.4. The molecule has 0 bridgehead atoms. The number of esters is 1. The van der Waals surface area contributed by atoms with Crippen LogP contribution >= 0.6 is 0 Å². The molecule has 0 aromatic carbocycles. The van der Waals surface area contributed by atoms with Crippen molar-refractivity contribution in [3.05, 3.63) is 11.6 Å². The summed E-state index contributed by atoms with van der Waals surface area (Å²) in [5, 5.41) is 0.368. The van der Waals surface area contributed by atoms with Crippen molar-refractivity contribution in [2.75, 3.05) is 6.61 Å². The van der Waals surface area contributed by atoms with E-state index in [1.807, 2.05) is 13.8 Å². The van der Waals surface area contributed by atoms with Crippen LogP contribution in [0.4, 0.5) is 0 Å². The molecule has 1 aliphatic carbocycles. The third kappa shape index (κ3) is 4.10. The summed E-state index contributed by atoms with van der Waals surface area (Å²) in [6.07, 6.45) is 2.92. The van der Waals surface area contributed by atoms with Gasteiger partial charge in [-0.05, 0) is 0 Å². The van der Waals surface area contributed by atoms with E-state index in [0.29, 0.717) is 11.6 Å². The van der Waals surface area contributed by atoms with Gasteiger partial charge in [0.1, 0.15) is 0 Å². The normalized spacial score (nSPS) is 26.8. The molecule has 2 atom stereocenters. The van der Waals surface area contributed by atoms with E-state index in [1.165, 1.54) is 6.42 Å². The maximum atomic E-state index is 11.7. The summed E-state index contributed by atoms with van der Waals surface area (Å²) in [5.41, 5.74) is 1.01. The Bertz CT molecular complexity index is 386. The minimum absolute atomic E-state index is 0.160. The minimum atomic E-state index is -1.89. The average Bonchev–Trinajstić information content (AvgIpc) is 2.87. The van der Waals surface area contributed by atoms with E-state index in [4.69, 9.17) is 4.74 Å². The van der Waals surface area contributed by atoms with Gasteiger partial charge in [-0.25, -0.2) is 0 Å². The van der Waals surface area contributed by atoms with Gasteiger partial charge in [0.05, 0.1) is 0 Å². The molecule has 1 rings (SSSR count). The second-order valence-corrected chi connectivity index (χ2v) is 29.3. The van der Waals surface area contributed by atoms with Crippen LogP contribution in [-0.2, 0) is 9.53 Å². The molecule has 110 valence electrons. The average molecular weight is 389 g/mol. The van der Waals surface area contributed by atoms with Crippen LogP contribution in [0.15, 0.2) is 11.6 Å². The summed E-state index contributed by atoms with van der Waals surface area (Å²) in [5.74, 6) is -0.160. The van der Waals surface area contributed by atoms with E-state index in [0.717, 1.165) is 9.51 Å². The van der Waals surface area contributed by atoms with Crippen molar-refractivity contribution in [2.24, 2.45) is 0 Å². The Hall–Kier alpha value is 0.226. The van der Waals surface area contributed by atoms with Crippen molar-refractivity contribution in [1.82, 2.24) is 0 Å². The summed E-state index contributed by atoms with van der Waals surface area (Å²) < 4.78 is 6.48. The molecular formula is C15H30O2SiSn. The van der Waals surface area contributed by atoms with Crippen molar-refractivity contribution >= 4 is 32.4 Å². The third-order valence-electron chi connectivity index (χ3n) is 4.49. The molecule has 0 aliphatic heterocycles. The Kier molecular flexibility index (Phi) is 5.04. The van der Waals surface area contributed by atoms with Gasteiger partial charge >= 0.3 is 124 Å². The van der Waals surface area contributed by atoms with Gasteiger partial charge in [-0.3, -0.25) is 0 Å². The Balaban J connectivity index is 2.77. The van der Waals surface area contributed by atoms with Crippen LogP contribution in [-0.4, -0.2) is 39.0 Å². The molecule has 19 heavy (non-hydrogen) atoms. The van der Waals surface area contributed by atoms with Crippen molar-refractivity contribution in [3.8, 4) is 0 Å². The number of ether oxygens (including phenoxy) is 1. The first-order valence-electron chi connectivity index (χ1n) is 7.22. The molecule has 1 fully saturated rings. The number of rotatable bonds is 5. The standard InChI is InChI=1S/C12H21O2Si.3CH3.Sn/c1-10(2)8-11(13)14-9-12(6-7-12)15(3,4)5;;;;/h6,8H,7,9H2,1-5H3;3*1H3;/t12-;;;;/m1..../s1. The van der Waals surface area contributed by atoms with Crippen LogP contribution in [0.25, 0.3) is 0 Å². The third-order valence-corrected chi connectivity index (χ3v) is 17.1. The second-order valence-electron chi connectivity index (χ2n) is 8.36. The van der Waals surface area contributed by atoms with E-state index in [2.05, 4.69) is 34.5 Å². The molecule has 0 spiro atoms. The SMILES string of the molecule is CC(C)=CC(=O)OC[C@]1([Si](C)(C)C)C[C@@H]1[Sn]([CH3])([CH3])[CH3]. The number of allylic oxidation sites excluding steroid dienone is 1. The fraction of sp³-hybridized carbons (Fsp3) is 0.800.